The molecule has 0 aliphatic carbocycles. The molecule has 94 valence electrons. The topological polar surface area (TPSA) is 41.1 Å². The highest BCUT2D eigenvalue weighted by Gasteiger charge is 2.04. The number of carbonyl (C=O) groups excluding carboxylic acids is 1. The van der Waals surface area contributed by atoms with Gasteiger partial charge in [-0.3, -0.25) is 4.79 Å². The van der Waals surface area contributed by atoms with Crippen molar-refractivity contribution in [2.45, 2.75) is 19.8 Å². The van der Waals surface area contributed by atoms with Crippen molar-refractivity contribution < 1.29 is 13.6 Å². The van der Waals surface area contributed by atoms with E-state index in [1.807, 2.05) is 6.92 Å². The fourth-order valence-corrected chi connectivity index (χ4v) is 1.30. The van der Waals surface area contributed by atoms with Crippen LogP contribution >= 0.6 is 0 Å². The van der Waals surface area contributed by atoms with Crippen LogP contribution in [0.25, 0.3) is 0 Å². The van der Waals surface area contributed by atoms with E-state index in [-0.39, 0.29) is 18.0 Å². The second-order valence-corrected chi connectivity index (χ2v) is 3.65. The van der Waals surface area contributed by atoms with Crippen LogP contribution in [0, 0.1) is 11.6 Å². The summed E-state index contributed by atoms with van der Waals surface area (Å²) in [5.41, 5.74) is 0.203. The molecule has 5 heteroatoms. The molecule has 17 heavy (non-hydrogen) atoms. The maximum atomic E-state index is 13.2. The van der Waals surface area contributed by atoms with E-state index >= 15 is 0 Å². The summed E-state index contributed by atoms with van der Waals surface area (Å²) in [5, 5.41) is 5.45. The van der Waals surface area contributed by atoms with E-state index in [1.54, 1.807) is 0 Å². The van der Waals surface area contributed by atoms with Crippen LogP contribution in [-0.4, -0.2) is 19.0 Å². The second kappa shape index (κ2) is 6.83. The van der Waals surface area contributed by atoms with Gasteiger partial charge in [0.2, 0.25) is 5.91 Å². The molecule has 2 N–H and O–H groups in total. The van der Waals surface area contributed by atoms with Crippen molar-refractivity contribution in [3.8, 4) is 0 Å². The maximum Gasteiger partial charge on any atom is 0.221 e. The lowest BCUT2D eigenvalue weighted by Gasteiger charge is -2.07. The van der Waals surface area contributed by atoms with Crippen molar-refractivity contribution in [2.24, 2.45) is 0 Å². The van der Waals surface area contributed by atoms with Crippen molar-refractivity contribution in [1.29, 1.82) is 0 Å². The average molecular weight is 242 g/mol. The zero-order valence-electron chi connectivity index (χ0n) is 9.72. The van der Waals surface area contributed by atoms with Crippen molar-refractivity contribution in [1.82, 2.24) is 5.32 Å². The van der Waals surface area contributed by atoms with E-state index < -0.39 is 11.6 Å². The molecule has 3 nitrogen and oxygen atoms in total. The standard InChI is InChI=1S/C12H16F2N2O/c1-2-6-16-12(17)5-7-15-11-4-3-9(13)8-10(11)14/h3-4,8,15H,2,5-7H2,1H3,(H,16,17). The van der Waals surface area contributed by atoms with E-state index in [2.05, 4.69) is 10.6 Å². The fourth-order valence-electron chi connectivity index (χ4n) is 1.30. The molecule has 0 aromatic heterocycles. The first-order chi connectivity index (χ1) is 8.13. The van der Waals surface area contributed by atoms with Crippen LogP contribution in [0.2, 0.25) is 0 Å². The summed E-state index contributed by atoms with van der Waals surface area (Å²) in [4.78, 5) is 11.2. The molecule has 0 radical (unpaired) electrons. The van der Waals surface area contributed by atoms with Gasteiger partial charge in [0.25, 0.3) is 0 Å². The molecule has 0 unspecified atom stereocenters. The summed E-state index contributed by atoms with van der Waals surface area (Å²) in [5.74, 6) is -1.35. The van der Waals surface area contributed by atoms with Crippen molar-refractivity contribution in [2.75, 3.05) is 18.4 Å². The molecule has 0 spiro atoms. The molecule has 1 amide bonds. The molecule has 0 bridgehead atoms. The lowest BCUT2D eigenvalue weighted by molar-refractivity contribution is -0.120. The minimum absolute atomic E-state index is 0.0816. The van der Waals surface area contributed by atoms with Gasteiger partial charge in [-0.15, -0.1) is 0 Å². The third-order valence-corrected chi connectivity index (χ3v) is 2.17. The molecule has 0 saturated carbocycles. The van der Waals surface area contributed by atoms with E-state index in [0.717, 1.165) is 12.5 Å². The zero-order valence-corrected chi connectivity index (χ0v) is 9.72. The van der Waals surface area contributed by atoms with E-state index in [1.165, 1.54) is 12.1 Å². The molecule has 1 aromatic carbocycles. The Hall–Kier alpha value is -1.65. The average Bonchev–Trinajstić information content (AvgIpc) is 2.29. The predicted molar refractivity (Wildman–Crippen MR) is 62.8 cm³/mol. The summed E-state index contributed by atoms with van der Waals surface area (Å²) < 4.78 is 25.8. The van der Waals surface area contributed by atoms with Crippen LogP contribution in [0.15, 0.2) is 18.2 Å². The number of hydrogen-bond donors (Lipinski definition) is 2. The fraction of sp³-hybridized carbons (Fsp3) is 0.417. The summed E-state index contributed by atoms with van der Waals surface area (Å²) in [6, 6.07) is 3.29. The number of nitrogens with one attached hydrogen (secondary N) is 2. The largest absolute Gasteiger partial charge is 0.382 e. The van der Waals surface area contributed by atoms with Crippen LogP contribution in [0.5, 0.6) is 0 Å². The zero-order chi connectivity index (χ0) is 12.7. The van der Waals surface area contributed by atoms with E-state index in [4.69, 9.17) is 0 Å². The van der Waals surface area contributed by atoms with Crippen molar-refractivity contribution in [3.05, 3.63) is 29.8 Å². The van der Waals surface area contributed by atoms with Crippen molar-refractivity contribution >= 4 is 11.6 Å². The van der Waals surface area contributed by atoms with Gasteiger partial charge in [0, 0.05) is 25.6 Å². The Bertz CT molecular complexity index is 383. The van der Waals surface area contributed by atoms with E-state index in [0.29, 0.717) is 13.1 Å². The van der Waals surface area contributed by atoms with Gasteiger partial charge in [0.15, 0.2) is 0 Å². The highest BCUT2D eigenvalue weighted by molar-refractivity contribution is 5.76. The van der Waals surface area contributed by atoms with E-state index in [9.17, 15) is 13.6 Å². The normalized spacial score (nSPS) is 10.1. The monoisotopic (exact) mass is 242 g/mol. The Morgan fingerprint density at radius 2 is 2.06 bits per heavy atom. The molecule has 1 aromatic rings. The third kappa shape index (κ3) is 4.80. The second-order valence-electron chi connectivity index (χ2n) is 3.65. The van der Waals surface area contributed by atoms with Crippen molar-refractivity contribution in [3.63, 3.8) is 0 Å². The van der Waals surface area contributed by atoms with Gasteiger partial charge in [-0.2, -0.15) is 0 Å². The minimum Gasteiger partial charge on any atom is -0.382 e. The summed E-state index contributed by atoms with van der Waals surface area (Å²) in [6.45, 7) is 2.92. The number of carbonyl (C=O) groups is 1. The van der Waals surface area contributed by atoms with Gasteiger partial charge < -0.3 is 10.6 Å². The molecule has 0 fully saturated rings. The van der Waals surface area contributed by atoms with Crippen LogP contribution in [0.4, 0.5) is 14.5 Å². The summed E-state index contributed by atoms with van der Waals surface area (Å²) >= 11 is 0. The molecule has 0 saturated heterocycles. The SMILES string of the molecule is CCCNC(=O)CCNc1ccc(F)cc1F. The number of anilines is 1. The van der Waals surface area contributed by atoms with Crippen LogP contribution in [0.3, 0.4) is 0 Å². The lowest BCUT2D eigenvalue weighted by atomic mass is 10.3. The van der Waals surface area contributed by atoms with Gasteiger partial charge in [-0.1, -0.05) is 6.92 Å². The van der Waals surface area contributed by atoms with Crippen LogP contribution in [0.1, 0.15) is 19.8 Å². The first-order valence-corrected chi connectivity index (χ1v) is 5.59. The first kappa shape index (κ1) is 13.4. The molecule has 1 rings (SSSR count). The molecule has 0 aliphatic heterocycles. The smallest absolute Gasteiger partial charge is 0.221 e. The Labute approximate surface area is 99.2 Å². The van der Waals surface area contributed by atoms with Gasteiger partial charge in [0.05, 0.1) is 5.69 Å². The van der Waals surface area contributed by atoms with Crippen LogP contribution in [-0.2, 0) is 4.79 Å². The summed E-state index contributed by atoms with van der Waals surface area (Å²) in [6.07, 6.45) is 1.14. The summed E-state index contributed by atoms with van der Waals surface area (Å²) in [7, 11) is 0. The number of benzene rings is 1. The Morgan fingerprint density at radius 3 is 2.71 bits per heavy atom. The number of rotatable bonds is 6. The molecule has 0 atom stereocenters. The number of amides is 1. The quantitative estimate of drug-likeness (QED) is 0.803. The van der Waals surface area contributed by atoms with Gasteiger partial charge in [0.1, 0.15) is 11.6 Å². The molecule has 0 heterocycles. The highest BCUT2D eigenvalue weighted by atomic mass is 19.1. The van der Waals surface area contributed by atoms with Crippen LogP contribution < -0.4 is 10.6 Å². The molecular formula is C12H16F2N2O. The Morgan fingerprint density at radius 1 is 1.29 bits per heavy atom. The van der Waals surface area contributed by atoms with Gasteiger partial charge in [-0.25, -0.2) is 8.78 Å². The minimum atomic E-state index is -0.654. The lowest BCUT2D eigenvalue weighted by Crippen LogP contribution is -2.25. The number of halogens is 2. The predicted octanol–water partition coefficient (Wildman–Crippen LogP) is 2.29. The Balaban J connectivity index is 2.33. The number of hydrogen-bond acceptors (Lipinski definition) is 2. The first-order valence-electron chi connectivity index (χ1n) is 5.59. The van der Waals surface area contributed by atoms with Gasteiger partial charge >= 0.3 is 0 Å². The third-order valence-electron chi connectivity index (χ3n) is 2.17. The molecule has 0 aliphatic rings. The highest BCUT2D eigenvalue weighted by Crippen LogP contribution is 2.14. The molecular weight excluding hydrogens is 226 g/mol. The Kier molecular flexibility index (Phi) is 5.39. The van der Waals surface area contributed by atoms with Gasteiger partial charge in [-0.05, 0) is 18.6 Å². The maximum absolute atomic E-state index is 13.2.